The maximum Gasteiger partial charge on any atom is 0.304 e. The van der Waals surface area contributed by atoms with E-state index in [2.05, 4.69) is 17.0 Å². The predicted octanol–water partition coefficient (Wildman–Crippen LogP) is 4.70. The number of thioether (sulfide) groups is 1. The maximum atomic E-state index is 10.7. The average molecular weight is 378 g/mol. The lowest BCUT2D eigenvalue weighted by Crippen LogP contribution is -2.35. The van der Waals surface area contributed by atoms with Gasteiger partial charge in [0.25, 0.3) is 0 Å². The number of hydrogen-bond acceptors (Lipinski definition) is 4. The minimum absolute atomic E-state index is 0.196. The van der Waals surface area contributed by atoms with Gasteiger partial charge in [-0.05, 0) is 29.8 Å². The third kappa shape index (κ3) is 5.14. The number of nitrogens with zero attached hydrogens (tertiary/aromatic N) is 1. The van der Waals surface area contributed by atoms with E-state index in [0.29, 0.717) is 22.6 Å². The molecule has 132 valence electrons. The van der Waals surface area contributed by atoms with Crippen LogP contribution in [0.2, 0.25) is 5.02 Å². The van der Waals surface area contributed by atoms with Gasteiger partial charge in [0.05, 0.1) is 11.4 Å². The molecule has 2 aromatic rings. The van der Waals surface area contributed by atoms with Crippen LogP contribution in [0.5, 0.6) is 11.5 Å². The zero-order chi connectivity index (χ0) is 17.6. The zero-order valence-electron chi connectivity index (χ0n) is 13.7. The second-order valence-corrected chi connectivity index (χ2v) is 7.62. The highest BCUT2D eigenvalue weighted by Crippen LogP contribution is 2.35. The first-order chi connectivity index (χ1) is 12.1. The first kappa shape index (κ1) is 18.1. The van der Waals surface area contributed by atoms with Gasteiger partial charge in [-0.3, -0.25) is 4.79 Å². The van der Waals surface area contributed by atoms with Gasteiger partial charge in [0.15, 0.2) is 0 Å². The lowest BCUT2D eigenvalue weighted by molar-refractivity contribution is -0.137. The number of hydrogen-bond donors (Lipinski definition) is 1. The molecule has 1 aliphatic rings. The van der Waals surface area contributed by atoms with Crippen LogP contribution in [0.3, 0.4) is 0 Å². The van der Waals surface area contributed by atoms with Gasteiger partial charge >= 0.3 is 5.97 Å². The molecule has 1 unspecified atom stereocenters. The van der Waals surface area contributed by atoms with Crippen LogP contribution < -0.4 is 4.74 Å². The summed E-state index contributed by atoms with van der Waals surface area (Å²) >= 11 is 8.04. The Morgan fingerprint density at radius 1 is 1.24 bits per heavy atom. The minimum Gasteiger partial charge on any atom is -0.481 e. The molecule has 3 rings (SSSR count). The second kappa shape index (κ2) is 8.61. The molecule has 1 heterocycles. The number of halogens is 1. The van der Waals surface area contributed by atoms with Crippen molar-refractivity contribution in [3.63, 3.8) is 0 Å². The van der Waals surface area contributed by atoms with Crippen LogP contribution in [0.4, 0.5) is 0 Å². The average Bonchev–Trinajstić information content (AvgIpc) is 2.63. The van der Waals surface area contributed by atoms with Gasteiger partial charge in [0.2, 0.25) is 0 Å². The van der Waals surface area contributed by atoms with Gasteiger partial charge in [0, 0.05) is 30.6 Å². The van der Waals surface area contributed by atoms with Crippen molar-refractivity contribution in [3.8, 4) is 11.5 Å². The van der Waals surface area contributed by atoms with Gasteiger partial charge in [-0.1, -0.05) is 35.9 Å². The molecule has 6 heteroatoms. The van der Waals surface area contributed by atoms with E-state index in [0.717, 1.165) is 24.6 Å². The fraction of sp³-hybridized carbons (Fsp3) is 0.316. The van der Waals surface area contributed by atoms with Gasteiger partial charge in [-0.25, -0.2) is 0 Å². The van der Waals surface area contributed by atoms with Crippen molar-refractivity contribution in [2.45, 2.75) is 11.7 Å². The monoisotopic (exact) mass is 377 g/mol. The molecule has 1 fully saturated rings. The van der Waals surface area contributed by atoms with Crippen LogP contribution in [-0.2, 0) is 4.79 Å². The van der Waals surface area contributed by atoms with Crippen LogP contribution in [-0.4, -0.2) is 41.4 Å². The van der Waals surface area contributed by atoms with Gasteiger partial charge in [0.1, 0.15) is 11.5 Å². The second-order valence-electron chi connectivity index (χ2n) is 5.91. The van der Waals surface area contributed by atoms with E-state index >= 15 is 0 Å². The van der Waals surface area contributed by atoms with Crippen LogP contribution in [0.1, 0.15) is 17.2 Å². The highest BCUT2D eigenvalue weighted by atomic mass is 35.5. The van der Waals surface area contributed by atoms with E-state index in [1.807, 2.05) is 42.1 Å². The van der Waals surface area contributed by atoms with Crippen molar-refractivity contribution in [2.75, 3.05) is 25.4 Å². The highest BCUT2D eigenvalue weighted by Gasteiger charge is 2.22. The highest BCUT2D eigenvalue weighted by molar-refractivity contribution is 7.99. The number of aliphatic carboxylic acids is 1. The summed E-state index contributed by atoms with van der Waals surface area (Å²) in [5.74, 6) is 1.67. The molecule has 2 aromatic carbocycles. The van der Waals surface area contributed by atoms with Crippen molar-refractivity contribution in [1.82, 2.24) is 4.90 Å². The minimum atomic E-state index is -0.740. The summed E-state index contributed by atoms with van der Waals surface area (Å²) in [7, 11) is 0. The summed E-state index contributed by atoms with van der Waals surface area (Å²) in [6.07, 6.45) is 0.196. The third-order valence-electron chi connectivity index (χ3n) is 4.11. The Morgan fingerprint density at radius 3 is 2.72 bits per heavy atom. The molecule has 25 heavy (non-hydrogen) atoms. The number of carboxylic acids is 1. The summed E-state index contributed by atoms with van der Waals surface area (Å²) in [6.45, 7) is 2.44. The van der Waals surface area contributed by atoms with Crippen molar-refractivity contribution in [1.29, 1.82) is 0 Å². The molecule has 1 aliphatic heterocycles. The summed E-state index contributed by atoms with van der Waals surface area (Å²) in [5, 5.41) is 9.79. The molecule has 4 nitrogen and oxygen atoms in total. The molecule has 0 radical (unpaired) electrons. The Kier molecular flexibility index (Phi) is 6.24. The summed E-state index contributed by atoms with van der Waals surface area (Å²) in [4.78, 5) is 13.0. The van der Waals surface area contributed by atoms with Crippen molar-refractivity contribution >= 4 is 29.3 Å². The summed E-state index contributed by atoms with van der Waals surface area (Å²) in [6, 6.07) is 15.5. The largest absolute Gasteiger partial charge is 0.481 e. The number of carbonyl (C=O) groups is 1. The Hall–Kier alpha value is -1.69. The normalized spacial score (nSPS) is 18.0. The molecule has 0 aromatic heterocycles. The van der Waals surface area contributed by atoms with E-state index in [4.69, 9.17) is 21.4 Å². The number of ether oxygens (including phenoxy) is 1. The lowest BCUT2D eigenvalue weighted by atomic mass is 10.1. The van der Waals surface area contributed by atoms with Crippen LogP contribution in [0.25, 0.3) is 0 Å². The number of para-hydroxylation sites is 1. The Morgan fingerprint density at radius 2 is 2.00 bits per heavy atom. The number of benzene rings is 2. The molecule has 0 amide bonds. The summed E-state index contributed by atoms with van der Waals surface area (Å²) < 4.78 is 5.82. The third-order valence-corrected chi connectivity index (χ3v) is 5.66. The molecule has 0 bridgehead atoms. The summed E-state index contributed by atoms with van der Waals surface area (Å²) in [5.41, 5.74) is 1.23. The SMILES string of the molecule is O=C(O)CCN1CCSC(c2ccc(Oc3ccccc3Cl)cc2)C1. The fourth-order valence-electron chi connectivity index (χ4n) is 2.77. The van der Waals surface area contributed by atoms with Crippen molar-refractivity contribution < 1.29 is 14.6 Å². The topological polar surface area (TPSA) is 49.8 Å². The molecule has 0 spiro atoms. The quantitative estimate of drug-likeness (QED) is 0.790. The molecule has 1 atom stereocenters. The fourth-order valence-corrected chi connectivity index (χ4v) is 4.25. The first-order valence-electron chi connectivity index (χ1n) is 8.20. The van der Waals surface area contributed by atoms with Crippen LogP contribution in [0, 0.1) is 0 Å². The van der Waals surface area contributed by atoms with Gasteiger partial charge in [-0.2, -0.15) is 11.8 Å². The van der Waals surface area contributed by atoms with Gasteiger partial charge in [-0.15, -0.1) is 0 Å². The molecule has 0 aliphatic carbocycles. The molecular weight excluding hydrogens is 358 g/mol. The molecule has 0 saturated carbocycles. The van der Waals surface area contributed by atoms with Gasteiger partial charge < -0.3 is 14.7 Å². The lowest BCUT2D eigenvalue weighted by Gasteiger charge is -2.32. The molecular formula is C19H20ClNO3S. The van der Waals surface area contributed by atoms with E-state index < -0.39 is 5.97 Å². The standard InChI is InChI=1S/C19H20ClNO3S/c20-16-3-1-2-4-17(16)24-15-7-5-14(6-8-15)18-13-21(11-12-25-18)10-9-19(22)23/h1-8,18H,9-13H2,(H,22,23). The number of rotatable bonds is 6. The van der Waals surface area contributed by atoms with E-state index in [1.54, 1.807) is 6.07 Å². The smallest absolute Gasteiger partial charge is 0.304 e. The van der Waals surface area contributed by atoms with E-state index in [9.17, 15) is 4.79 Å². The first-order valence-corrected chi connectivity index (χ1v) is 9.62. The van der Waals surface area contributed by atoms with Crippen molar-refractivity contribution in [2.24, 2.45) is 0 Å². The van der Waals surface area contributed by atoms with Crippen LogP contribution >= 0.6 is 23.4 Å². The Balaban J connectivity index is 1.61. The number of carboxylic acid groups (broad SMARTS) is 1. The maximum absolute atomic E-state index is 10.7. The Bertz CT molecular complexity index is 723. The van der Waals surface area contributed by atoms with E-state index in [1.165, 1.54) is 5.56 Å². The Labute approximate surface area is 156 Å². The van der Waals surface area contributed by atoms with Crippen molar-refractivity contribution in [3.05, 3.63) is 59.1 Å². The molecule has 1 N–H and O–H groups in total. The van der Waals surface area contributed by atoms with Crippen LogP contribution in [0.15, 0.2) is 48.5 Å². The molecule has 1 saturated heterocycles. The predicted molar refractivity (Wildman–Crippen MR) is 102 cm³/mol. The van der Waals surface area contributed by atoms with E-state index in [-0.39, 0.29) is 6.42 Å². The zero-order valence-corrected chi connectivity index (χ0v) is 15.3.